The molecule has 1 aromatic heterocycles. The van der Waals surface area contributed by atoms with E-state index in [0.29, 0.717) is 17.3 Å². The van der Waals surface area contributed by atoms with Crippen molar-refractivity contribution in [2.24, 2.45) is 5.73 Å². The van der Waals surface area contributed by atoms with Crippen molar-refractivity contribution in [3.63, 3.8) is 0 Å². The molecule has 3 rings (SSSR count). The molecule has 0 aliphatic heterocycles. The summed E-state index contributed by atoms with van der Waals surface area (Å²) in [5, 5.41) is 2.45. The van der Waals surface area contributed by atoms with Gasteiger partial charge in [0.2, 0.25) is 5.91 Å². The van der Waals surface area contributed by atoms with Gasteiger partial charge in [0.1, 0.15) is 34.8 Å². The van der Waals surface area contributed by atoms with Crippen LogP contribution in [-0.2, 0) is 14.3 Å². The zero-order chi connectivity index (χ0) is 28.7. The molecule has 1 atom stereocenters. The highest BCUT2D eigenvalue weighted by Crippen LogP contribution is 2.39. The Kier molecular flexibility index (Phi) is 9.38. The number of hydrogen-bond acceptors (Lipinski definition) is 10. The summed E-state index contributed by atoms with van der Waals surface area (Å²) in [6.07, 6.45) is 0. The van der Waals surface area contributed by atoms with Gasteiger partial charge in [-0.05, 0) is 48.3 Å². The largest absolute Gasteiger partial charge is 0.497 e. The number of ether oxygens (including phenoxy) is 3. The maximum absolute atomic E-state index is 14.1. The average Bonchev–Trinajstić information content (AvgIpc) is 3.32. The topological polar surface area (TPSA) is 176 Å². The highest BCUT2D eigenvalue weighted by molar-refractivity contribution is 7.09. The van der Waals surface area contributed by atoms with E-state index < -0.39 is 42.1 Å². The second-order valence-corrected chi connectivity index (χ2v) is 8.60. The van der Waals surface area contributed by atoms with Crippen LogP contribution in [0.5, 0.6) is 11.5 Å². The van der Waals surface area contributed by atoms with Gasteiger partial charge in [-0.2, -0.15) is 4.37 Å². The molecule has 0 saturated heterocycles. The van der Waals surface area contributed by atoms with Gasteiger partial charge >= 0.3 is 5.97 Å². The van der Waals surface area contributed by atoms with Crippen molar-refractivity contribution < 1.29 is 37.8 Å². The van der Waals surface area contributed by atoms with Crippen LogP contribution in [0.4, 0.5) is 15.8 Å². The SMILES string of the molecule is CCOC(=O)CNC(=O)[C@@H](c1ccc(F)cc1)N(C(=O)c1snc(C(N)=O)c1N)c1ccc(OC)cc1OC. The van der Waals surface area contributed by atoms with Crippen LogP contribution in [0.2, 0.25) is 0 Å². The third-order valence-electron chi connectivity index (χ3n) is 5.43. The maximum atomic E-state index is 14.1. The predicted octanol–water partition coefficient (Wildman–Crippen LogP) is 2.05. The minimum Gasteiger partial charge on any atom is -0.497 e. The van der Waals surface area contributed by atoms with Gasteiger partial charge < -0.3 is 31.0 Å². The normalized spacial score (nSPS) is 11.3. The fourth-order valence-electron chi connectivity index (χ4n) is 3.62. The van der Waals surface area contributed by atoms with Crippen molar-refractivity contribution in [1.82, 2.24) is 9.69 Å². The number of methoxy groups -OCH3 is 2. The summed E-state index contributed by atoms with van der Waals surface area (Å²) in [4.78, 5) is 52.3. The lowest BCUT2D eigenvalue weighted by Gasteiger charge is -2.32. The first kappa shape index (κ1) is 28.8. The van der Waals surface area contributed by atoms with Gasteiger partial charge in [0, 0.05) is 6.07 Å². The summed E-state index contributed by atoms with van der Waals surface area (Å²) < 4.78 is 33.3. The standard InChI is InChI=1S/C25H26FN5O7S/c1-4-38-18(32)12-29-24(34)21(13-5-7-14(26)8-6-13)31(16-10-9-15(36-2)11-17(16)37-3)25(35)22-19(27)20(23(28)33)30-39-22/h5-11,21H,4,12,27H2,1-3H3,(H2,28,33)(H,29,34)/t21-/m1/s1. The maximum Gasteiger partial charge on any atom is 0.325 e. The van der Waals surface area contributed by atoms with Crippen LogP contribution < -0.4 is 31.2 Å². The number of esters is 1. The van der Waals surface area contributed by atoms with Gasteiger partial charge in [-0.1, -0.05) is 12.1 Å². The zero-order valence-corrected chi connectivity index (χ0v) is 22.0. The van der Waals surface area contributed by atoms with Crippen molar-refractivity contribution in [2.45, 2.75) is 13.0 Å². The van der Waals surface area contributed by atoms with Gasteiger partial charge in [0.15, 0.2) is 5.69 Å². The number of amides is 3. The van der Waals surface area contributed by atoms with E-state index in [9.17, 15) is 23.6 Å². The van der Waals surface area contributed by atoms with Crippen LogP contribution in [0.1, 0.15) is 38.7 Å². The summed E-state index contributed by atoms with van der Waals surface area (Å²) in [7, 11) is 2.78. The Balaban J connectivity index is 2.24. The van der Waals surface area contributed by atoms with Crippen molar-refractivity contribution in [2.75, 3.05) is 38.0 Å². The molecule has 2 aromatic carbocycles. The summed E-state index contributed by atoms with van der Waals surface area (Å²) in [5.41, 5.74) is 11.1. The Bertz CT molecular complexity index is 1380. The minimum absolute atomic E-state index is 0.0939. The van der Waals surface area contributed by atoms with Crippen LogP contribution in [0, 0.1) is 5.82 Å². The molecule has 3 amide bonds. The van der Waals surface area contributed by atoms with Gasteiger partial charge in [0.25, 0.3) is 11.8 Å². The molecule has 0 saturated carbocycles. The number of rotatable bonds is 11. The second-order valence-electron chi connectivity index (χ2n) is 7.83. The average molecular weight is 560 g/mol. The number of aromatic nitrogens is 1. The minimum atomic E-state index is -1.48. The molecule has 1 heterocycles. The van der Waals surface area contributed by atoms with Crippen LogP contribution in [0.15, 0.2) is 42.5 Å². The number of carbonyl (C=O) groups is 4. The van der Waals surface area contributed by atoms with E-state index >= 15 is 0 Å². The van der Waals surface area contributed by atoms with Crippen LogP contribution in [0.25, 0.3) is 0 Å². The number of halogens is 1. The fourth-order valence-corrected chi connectivity index (χ4v) is 4.36. The van der Waals surface area contributed by atoms with E-state index in [1.807, 2.05) is 0 Å². The molecule has 0 spiro atoms. The molecule has 5 N–H and O–H groups in total. The molecule has 0 radical (unpaired) electrons. The number of hydrogen-bond donors (Lipinski definition) is 3. The van der Waals surface area contributed by atoms with Crippen LogP contribution in [0.3, 0.4) is 0 Å². The molecule has 0 aliphatic carbocycles. The van der Waals surface area contributed by atoms with E-state index in [4.69, 9.17) is 25.7 Å². The molecule has 14 heteroatoms. The summed E-state index contributed by atoms with van der Waals surface area (Å²) in [5.74, 6) is -3.37. The number of nitrogens with zero attached hydrogens (tertiary/aromatic N) is 2. The van der Waals surface area contributed by atoms with Gasteiger partial charge in [-0.15, -0.1) is 0 Å². The lowest BCUT2D eigenvalue weighted by molar-refractivity contribution is -0.143. The lowest BCUT2D eigenvalue weighted by Crippen LogP contribution is -2.45. The molecular weight excluding hydrogens is 533 g/mol. The highest BCUT2D eigenvalue weighted by Gasteiger charge is 2.37. The van der Waals surface area contributed by atoms with Crippen LogP contribution in [-0.4, -0.2) is 55.4 Å². The Labute approximate surface area is 226 Å². The number of carbonyl (C=O) groups excluding carboxylic acids is 4. The van der Waals surface area contributed by atoms with E-state index in [1.54, 1.807) is 6.92 Å². The summed E-state index contributed by atoms with van der Waals surface area (Å²) in [6, 6.07) is 7.85. The molecular formula is C25H26FN5O7S. The van der Waals surface area contributed by atoms with Crippen molar-refractivity contribution in [3.8, 4) is 11.5 Å². The Morgan fingerprint density at radius 3 is 2.36 bits per heavy atom. The second kappa shape index (κ2) is 12.7. The number of primary amides is 1. The Morgan fingerprint density at radius 1 is 1.10 bits per heavy atom. The monoisotopic (exact) mass is 559 g/mol. The van der Waals surface area contributed by atoms with E-state index in [-0.39, 0.29) is 39.9 Å². The summed E-state index contributed by atoms with van der Waals surface area (Å²) >= 11 is 0.610. The third-order valence-corrected chi connectivity index (χ3v) is 6.28. The molecule has 206 valence electrons. The Morgan fingerprint density at radius 2 is 1.79 bits per heavy atom. The third kappa shape index (κ3) is 6.41. The molecule has 0 bridgehead atoms. The Hall–Kier alpha value is -4.72. The highest BCUT2D eigenvalue weighted by atomic mass is 32.1. The zero-order valence-electron chi connectivity index (χ0n) is 21.2. The van der Waals surface area contributed by atoms with Crippen molar-refractivity contribution in [1.29, 1.82) is 0 Å². The lowest BCUT2D eigenvalue weighted by atomic mass is 10.0. The number of nitrogens with one attached hydrogen (secondary N) is 1. The van der Waals surface area contributed by atoms with Gasteiger partial charge in [0.05, 0.1) is 32.2 Å². The van der Waals surface area contributed by atoms with E-state index in [2.05, 4.69) is 9.69 Å². The summed E-state index contributed by atoms with van der Waals surface area (Å²) in [6.45, 7) is 1.20. The first-order chi connectivity index (χ1) is 18.6. The molecule has 12 nitrogen and oxygen atoms in total. The number of nitrogens with two attached hydrogens (primary N) is 2. The van der Waals surface area contributed by atoms with Gasteiger partial charge in [-0.25, -0.2) is 4.39 Å². The quantitative estimate of drug-likeness (QED) is 0.297. The van der Waals surface area contributed by atoms with Gasteiger partial charge in [-0.3, -0.25) is 24.1 Å². The molecule has 0 aliphatic rings. The molecule has 39 heavy (non-hydrogen) atoms. The fraction of sp³-hybridized carbons (Fsp3) is 0.240. The molecule has 3 aromatic rings. The first-order valence-electron chi connectivity index (χ1n) is 11.4. The molecule has 0 fully saturated rings. The number of anilines is 2. The van der Waals surface area contributed by atoms with Crippen molar-refractivity contribution >= 4 is 46.6 Å². The molecule has 0 unspecified atom stereocenters. The number of benzene rings is 2. The van der Waals surface area contributed by atoms with Crippen LogP contribution >= 0.6 is 11.5 Å². The van der Waals surface area contributed by atoms with E-state index in [1.165, 1.54) is 44.6 Å². The first-order valence-corrected chi connectivity index (χ1v) is 12.2. The van der Waals surface area contributed by atoms with Crippen molar-refractivity contribution in [3.05, 3.63) is 64.4 Å². The smallest absolute Gasteiger partial charge is 0.325 e. The van der Waals surface area contributed by atoms with E-state index in [0.717, 1.165) is 17.0 Å². The predicted molar refractivity (Wildman–Crippen MR) is 140 cm³/mol. The number of nitrogen functional groups attached to an aromatic ring is 1.